The molecular weight excluding hydrogens is 298 g/mol. The van der Waals surface area contributed by atoms with Crippen molar-refractivity contribution in [2.45, 2.75) is 57.0 Å². The summed E-state index contributed by atoms with van der Waals surface area (Å²) in [5.74, 6) is 0.732. The number of carbonyl (C=O) groups excluding carboxylic acids is 1. The van der Waals surface area contributed by atoms with Gasteiger partial charge in [0, 0.05) is 23.7 Å². The lowest BCUT2D eigenvalue weighted by molar-refractivity contribution is -0.116. The number of halogens is 1. The highest BCUT2D eigenvalue weighted by molar-refractivity contribution is 6.29. The molecule has 2 aliphatic rings. The second kappa shape index (κ2) is 7.14. The molecule has 0 bridgehead atoms. The fraction of sp³-hybridized carbons (Fsp3) is 0.529. The van der Waals surface area contributed by atoms with E-state index in [9.17, 15) is 4.79 Å². The van der Waals surface area contributed by atoms with Gasteiger partial charge < -0.3 is 10.6 Å². The topological polar surface area (TPSA) is 54.0 Å². The van der Waals surface area contributed by atoms with Crippen molar-refractivity contribution in [3.8, 4) is 0 Å². The molecule has 2 saturated carbocycles. The molecular formula is C17H22ClN3O. The molecule has 2 N–H and O–H groups in total. The summed E-state index contributed by atoms with van der Waals surface area (Å²) in [6, 6.07) is 4.49. The highest BCUT2D eigenvalue weighted by atomic mass is 35.5. The first-order valence-electron chi connectivity index (χ1n) is 8.12. The van der Waals surface area contributed by atoms with E-state index in [1.165, 1.54) is 32.1 Å². The Labute approximate surface area is 136 Å². The van der Waals surface area contributed by atoms with Gasteiger partial charge in [0.15, 0.2) is 0 Å². The first kappa shape index (κ1) is 15.3. The van der Waals surface area contributed by atoms with Crippen molar-refractivity contribution >= 4 is 29.4 Å². The Hall–Kier alpha value is -1.55. The van der Waals surface area contributed by atoms with E-state index in [1.54, 1.807) is 12.1 Å². The van der Waals surface area contributed by atoms with Crippen LogP contribution in [0.25, 0.3) is 6.08 Å². The summed E-state index contributed by atoms with van der Waals surface area (Å²) in [5.41, 5.74) is 0.904. The van der Waals surface area contributed by atoms with Gasteiger partial charge in [0.2, 0.25) is 5.91 Å². The fourth-order valence-electron chi connectivity index (χ4n) is 2.78. The monoisotopic (exact) mass is 319 g/mol. The zero-order valence-electron chi connectivity index (χ0n) is 12.6. The van der Waals surface area contributed by atoms with Gasteiger partial charge in [-0.15, -0.1) is 0 Å². The minimum atomic E-state index is -0.0407. The van der Waals surface area contributed by atoms with Crippen LogP contribution in [0.4, 0.5) is 5.82 Å². The number of nitrogens with zero attached hydrogens (tertiary/aromatic N) is 1. The van der Waals surface area contributed by atoms with E-state index in [1.807, 2.05) is 12.1 Å². The molecule has 118 valence electrons. The number of hydrogen-bond acceptors (Lipinski definition) is 3. The van der Waals surface area contributed by atoms with Gasteiger partial charge in [0.05, 0.1) is 0 Å². The normalized spacial score (nSPS) is 19.3. The van der Waals surface area contributed by atoms with Gasteiger partial charge in [-0.25, -0.2) is 4.98 Å². The molecule has 0 aromatic carbocycles. The number of pyridine rings is 1. The first-order valence-corrected chi connectivity index (χ1v) is 8.50. The summed E-state index contributed by atoms with van der Waals surface area (Å²) >= 11 is 6.02. The number of anilines is 1. The van der Waals surface area contributed by atoms with Crippen LogP contribution in [0.1, 0.15) is 50.5 Å². The highest BCUT2D eigenvalue weighted by Gasteiger charge is 2.22. The lowest BCUT2D eigenvalue weighted by Crippen LogP contribution is -2.24. The van der Waals surface area contributed by atoms with Crippen LogP contribution in [0, 0.1) is 0 Å². The third kappa shape index (κ3) is 4.47. The largest absolute Gasteiger partial charge is 0.367 e. The van der Waals surface area contributed by atoms with E-state index in [4.69, 9.17) is 11.6 Å². The molecule has 0 unspecified atom stereocenters. The number of amides is 1. The third-order valence-electron chi connectivity index (χ3n) is 4.18. The molecule has 2 aliphatic carbocycles. The van der Waals surface area contributed by atoms with E-state index < -0.39 is 0 Å². The lowest BCUT2D eigenvalue weighted by atomic mass is 9.95. The Kier molecular flexibility index (Phi) is 4.98. The molecule has 22 heavy (non-hydrogen) atoms. The average Bonchev–Trinajstić information content (AvgIpc) is 3.31. The number of nitrogens with one attached hydrogen (secondary N) is 2. The second-order valence-electron chi connectivity index (χ2n) is 6.17. The number of carbonyl (C=O) groups is 1. The van der Waals surface area contributed by atoms with E-state index in [-0.39, 0.29) is 5.91 Å². The minimum absolute atomic E-state index is 0.0407. The standard InChI is InChI=1S/C17H22ClN3O/c18-15-10-6-12(7-11-16(22)19-14-8-9-14)17(21-15)20-13-4-2-1-3-5-13/h6-7,10-11,13-14H,1-5,8-9H2,(H,19,22)(H,20,21)/b11-7+. The predicted molar refractivity (Wildman–Crippen MR) is 89.9 cm³/mol. The van der Waals surface area contributed by atoms with Crippen LogP contribution in [0.15, 0.2) is 18.2 Å². The molecule has 1 amide bonds. The van der Waals surface area contributed by atoms with Crippen LogP contribution in [0.5, 0.6) is 0 Å². The number of hydrogen-bond donors (Lipinski definition) is 2. The fourth-order valence-corrected chi connectivity index (χ4v) is 2.93. The number of aromatic nitrogens is 1. The summed E-state index contributed by atoms with van der Waals surface area (Å²) < 4.78 is 0. The summed E-state index contributed by atoms with van der Waals surface area (Å²) in [6.07, 6.45) is 11.7. The van der Waals surface area contributed by atoms with Crippen LogP contribution >= 0.6 is 11.6 Å². The van der Waals surface area contributed by atoms with Gasteiger partial charge >= 0.3 is 0 Å². The highest BCUT2D eigenvalue weighted by Crippen LogP contribution is 2.24. The van der Waals surface area contributed by atoms with E-state index in [0.29, 0.717) is 17.2 Å². The number of rotatable bonds is 5. The van der Waals surface area contributed by atoms with Crippen molar-refractivity contribution < 1.29 is 4.79 Å². The predicted octanol–water partition coefficient (Wildman–Crippen LogP) is 3.77. The van der Waals surface area contributed by atoms with Crippen LogP contribution in [0.3, 0.4) is 0 Å². The van der Waals surface area contributed by atoms with Gasteiger partial charge in [-0.2, -0.15) is 0 Å². The molecule has 1 aromatic heterocycles. The summed E-state index contributed by atoms with van der Waals surface area (Å²) in [7, 11) is 0. The molecule has 2 fully saturated rings. The molecule has 4 nitrogen and oxygen atoms in total. The smallest absolute Gasteiger partial charge is 0.244 e. The van der Waals surface area contributed by atoms with Crippen LogP contribution in [-0.4, -0.2) is 23.0 Å². The van der Waals surface area contributed by atoms with Gasteiger partial charge in [0.25, 0.3) is 0 Å². The van der Waals surface area contributed by atoms with Crippen molar-refractivity contribution in [1.82, 2.24) is 10.3 Å². The van der Waals surface area contributed by atoms with Gasteiger partial charge in [0.1, 0.15) is 11.0 Å². The molecule has 0 atom stereocenters. The van der Waals surface area contributed by atoms with Crippen molar-refractivity contribution in [2.24, 2.45) is 0 Å². The third-order valence-corrected chi connectivity index (χ3v) is 4.39. The molecule has 0 aliphatic heterocycles. The van der Waals surface area contributed by atoms with E-state index >= 15 is 0 Å². The molecule has 5 heteroatoms. The van der Waals surface area contributed by atoms with Gasteiger partial charge in [-0.05, 0) is 43.9 Å². The molecule has 3 rings (SSSR count). The van der Waals surface area contributed by atoms with Crippen molar-refractivity contribution in [3.63, 3.8) is 0 Å². The van der Waals surface area contributed by atoms with Crippen LogP contribution < -0.4 is 10.6 Å². The maximum atomic E-state index is 11.8. The maximum Gasteiger partial charge on any atom is 0.244 e. The van der Waals surface area contributed by atoms with Gasteiger partial charge in [-0.3, -0.25) is 4.79 Å². The Morgan fingerprint density at radius 1 is 1.14 bits per heavy atom. The molecule has 1 heterocycles. The molecule has 1 aromatic rings. The zero-order valence-corrected chi connectivity index (χ0v) is 13.4. The Morgan fingerprint density at radius 2 is 1.91 bits per heavy atom. The average molecular weight is 320 g/mol. The van der Waals surface area contributed by atoms with Crippen molar-refractivity contribution in [3.05, 3.63) is 28.9 Å². The Balaban J connectivity index is 1.68. The zero-order chi connectivity index (χ0) is 15.4. The Morgan fingerprint density at radius 3 is 2.64 bits per heavy atom. The van der Waals surface area contributed by atoms with E-state index in [0.717, 1.165) is 24.2 Å². The first-order chi connectivity index (χ1) is 10.7. The quantitative estimate of drug-likeness (QED) is 0.641. The maximum absolute atomic E-state index is 11.8. The molecule has 0 radical (unpaired) electrons. The summed E-state index contributed by atoms with van der Waals surface area (Å²) in [6.45, 7) is 0. The van der Waals surface area contributed by atoms with Gasteiger partial charge in [-0.1, -0.05) is 30.9 Å². The van der Waals surface area contributed by atoms with Crippen molar-refractivity contribution in [2.75, 3.05) is 5.32 Å². The molecule has 0 saturated heterocycles. The summed E-state index contributed by atoms with van der Waals surface area (Å²) in [4.78, 5) is 16.2. The Bertz CT molecular complexity index is 563. The molecule has 0 spiro atoms. The van der Waals surface area contributed by atoms with Crippen molar-refractivity contribution in [1.29, 1.82) is 0 Å². The lowest BCUT2D eigenvalue weighted by Gasteiger charge is -2.24. The van der Waals surface area contributed by atoms with E-state index in [2.05, 4.69) is 15.6 Å². The van der Waals surface area contributed by atoms with Crippen LogP contribution in [0.2, 0.25) is 5.15 Å². The van der Waals surface area contributed by atoms with Crippen LogP contribution in [-0.2, 0) is 4.79 Å². The second-order valence-corrected chi connectivity index (χ2v) is 6.55. The minimum Gasteiger partial charge on any atom is -0.367 e. The summed E-state index contributed by atoms with van der Waals surface area (Å²) in [5, 5.41) is 6.90. The SMILES string of the molecule is O=C(/C=C/c1ccc(Cl)nc1NC1CCCCC1)NC1CC1.